The third-order valence-electron chi connectivity index (χ3n) is 7.09. The monoisotopic (exact) mass is 498 g/mol. The number of aryl methyl sites for hydroxylation is 1. The summed E-state index contributed by atoms with van der Waals surface area (Å²) in [4.78, 5) is 0. The van der Waals surface area contributed by atoms with Gasteiger partial charge in [0.15, 0.2) is 0 Å². The molecule has 0 amide bonds. The third kappa shape index (κ3) is 7.98. The van der Waals surface area contributed by atoms with Gasteiger partial charge in [0.1, 0.15) is 24.7 Å². The van der Waals surface area contributed by atoms with Gasteiger partial charge in [0.25, 0.3) is 0 Å². The highest BCUT2D eigenvalue weighted by molar-refractivity contribution is 5.49. The zero-order valence-electron chi connectivity index (χ0n) is 24.9. The van der Waals surface area contributed by atoms with Crippen molar-refractivity contribution in [1.82, 2.24) is 0 Å². The third-order valence-corrected chi connectivity index (χ3v) is 7.09. The first-order valence-corrected chi connectivity index (χ1v) is 13.2. The summed E-state index contributed by atoms with van der Waals surface area (Å²) >= 11 is 0. The zero-order chi connectivity index (χ0) is 27.3. The fourth-order valence-corrected chi connectivity index (χ4v) is 4.56. The van der Waals surface area contributed by atoms with Gasteiger partial charge in [-0.2, -0.15) is 0 Å². The van der Waals surface area contributed by atoms with Crippen LogP contribution in [0.1, 0.15) is 96.9 Å². The maximum absolute atomic E-state index is 6.38. The lowest BCUT2D eigenvalue weighted by atomic mass is 9.76. The van der Waals surface area contributed by atoms with E-state index in [-0.39, 0.29) is 0 Å². The molecule has 202 valence electrons. The molecule has 0 radical (unpaired) electrons. The predicted octanol–water partition coefficient (Wildman–Crippen LogP) is 8.39. The molecule has 0 aliphatic heterocycles. The van der Waals surface area contributed by atoms with Crippen LogP contribution in [0.3, 0.4) is 0 Å². The highest BCUT2D eigenvalue weighted by atomic mass is 16.5. The summed E-state index contributed by atoms with van der Waals surface area (Å²) in [6.07, 6.45) is 1.16. The van der Waals surface area contributed by atoms with Crippen molar-refractivity contribution in [3.05, 3.63) is 58.7 Å². The molecule has 0 saturated heterocycles. The predicted molar refractivity (Wildman–Crippen MR) is 150 cm³/mol. The molecular weight excluding hydrogens is 448 g/mol. The Morgan fingerprint density at radius 3 is 1.61 bits per heavy atom. The Balaban J connectivity index is 2.16. The Hall–Kier alpha value is -2.04. The number of hydrogen-bond acceptors (Lipinski definition) is 4. The quantitative estimate of drug-likeness (QED) is 0.275. The summed E-state index contributed by atoms with van der Waals surface area (Å²) in [7, 11) is 3.46. The van der Waals surface area contributed by atoms with Crippen LogP contribution < -0.4 is 9.47 Å². The lowest BCUT2D eigenvalue weighted by Gasteiger charge is -2.32. The van der Waals surface area contributed by atoms with E-state index in [1.807, 2.05) is 0 Å². The van der Waals surface area contributed by atoms with Gasteiger partial charge < -0.3 is 18.9 Å². The van der Waals surface area contributed by atoms with Crippen LogP contribution in [-0.2, 0) is 20.7 Å². The average Bonchev–Trinajstić information content (AvgIpc) is 2.80. The van der Waals surface area contributed by atoms with E-state index in [1.165, 1.54) is 5.56 Å². The molecule has 2 aromatic rings. The molecule has 4 nitrogen and oxygen atoms in total. The minimum atomic E-state index is -0.503. The van der Waals surface area contributed by atoms with E-state index in [0.29, 0.717) is 30.5 Å². The van der Waals surface area contributed by atoms with Gasteiger partial charge in [-0.3, -0.25) is 0 Å². The number of methoxy groups -OCH3 is 2. The Morgan fingerprint density at radius 1 is 0.722 bits per heavy atom. The van der Waals surface area contributed by atoms with Crippen molar-refractivity contribution in [2.45, 2.75) is 92.8 Å². The van der Waals surface area contributed by atoms with Crippen molar-refractivity contribution in [2.75, 3.05) is 27.4 Å². The Morgan fingerprint density at radius 2 is 1.19 bits per heavy atom. The summed E-state index contributed by atoms with van der Waals surface area (Å²) < 4.78 is 24.1. The SMILES string of the molecule is COC(C)(C)c1cc(C)cc(C(C)(C)OC)c1OCCOc1ccc(C(CC(C)(C)C)C(C)C)cc1. The zero-order valence-corrected chi connectivity index (χ0v) is 24.9. The smallest absolute Gasteiger partial charge is 0.131 e. The first-order valence-electron chi connectivity index (χ1n) is 13.2. The van der Waals surface area contributed by atoms with Crippen molar-refractivity contribution in [2.24, 2.45) is 11.3 Å². The fraction of sp³-hybridized carbons (Fsp3) is 0.625. The minimum absolute atomic E-state index is 0.296. The van der Waals surface area contributed by atoms with E-state index in [4.69, 9.17) is 18.9 Å². The minimum Gasteiger partial charge on any atom is -0.490 e. The molecule has 0 aromatic heterocycles. The van der Waals surface area contributed by atoms with Crippen LogP contribution in [0, 0.1) is 18.3 Å². The van der Waals surface area contributed by atoms with Crippen LogP contribution in [0.2, 0.25) is 0 Å². The highest BCUT2D eigenvalue weighted by Gasteiger charge is 2.32. The molecule has 0 heterocycles. The standard InChI is InChI=1S/C32H50O4/c1-22(2)26(21-30(4,5)6)24-13-15-25(16-14-24)35-17-18-36-29-27(31(7,8)33-11)19-23(3)20-28(29)32(9,10)34-12/h13-16,19-20,22,26H,17-18,21H2,1-12H3. The van der Waals surface area contributed by atoms with Gasteiger partial charge in [0, 0.05) is 25.3 Å². The molecule has 0 fully saturated rings. The van der Waals surface area contributed by atoms with E-state index < -0.39 is 11.2 Å². The lowest BCUT2D eigenvalue weighted by Crippen LogP contribution is -2.27. The van der Waals surface area contributed by atoms with Crippen molar-refractivity contribution < 1.29 is 18.9 Å². The van der Waals surface area contributed by atoms with Crippen molar-refractivity contribution in [3.8, 4) is 11.5 Å². The number of ether oxygens (including phenoxy) is 4. The van der Waals surface area contributed by atoms with Crippen molar-refractivity contribution in [1.29, 1.82) is 0 Å². The van der Waals surface area contributed by atoms with Crippen LogP contribution in [-0.4, -0.2) is 27.4 Å². The number of benzene rings is 2. The van der Waals surface area contributed by atoms with Gasteiger partial charge in [0.2, 0.25) is 0 Å². The average molecular weight is 499 g/mol. The van der Waals surface area contributed by atoms with Gasteiger partial charge in [-0.05, 0) is 88.1 Å². The van der Waals surface area contributed by atoms with E-state index >= 15 is 0 Å². The van der Waals surface area contributed by atoms with Crippen LogP contribution in [0.15, 0.2) is 36.4 Å². The maximum atomic E-state index is 6.38. The molecule has 0 N–H and O–H groups in total. The van der Waals surface area contributed by atoms with Gasteiger partial charge in [-0.25, -0.2) is 0 Å². The fourth-order valence-electron chi connectivity index (χ4n) is 4.56. The Bertz CT molecular complexity index is 928. The highest BCUT2D eigenvalue weighted by Crippen LogP contribution is 2.41. The molecule has 0 spiro atoms. The largest absolute Gasteiger partial charge is 0.490 e. The summed E-state index contributed by atoms with van der Waals surface area (Å²) in [6.45, 7) is 22.7. The summed E-state index contributed by atoms with van der Waals surface area (Å²) in [5.74, 6) is 2.80. The maximum Gasteiger partial charge on any atom is 0.131 e. The van der Waals surface area contributed by atoms with Gasteiger partial charge in [-0.15, -0.1) is 0 Å². The van der Waals surface area contributed by atoms with Gasteiger partial charge in [-0.1, -0.05) is 52.3 Å². The second kappa shape index (κ2) is 12.0. The molecule has 0 aliphatic carbocycles. The molecule has 2 rings (SSSR count). The van der Waals surface area contributed by atoms with Gasteiger partial charge in [0.05, 0.1) is 11.2 Å². The molecule has 0 saturated carbocycles. The van der Waals surface area contributed by atoms with E-state index in [9.17, 15) is 0 Å². The molecule has 0 bridgehead atoms. The van der Waals surface area contributed by atoms with Gasteiger partial charge >= 0.3 is 0 Å². The topological polar surface area (TPSA) is 36.9 Å². The normalized spacial score (nSPS) is 13.7. The van der Waals surface area contributed by atoms with Crippen molar-refractivity contribution >= 4 is 0 Å². The van der Waals surface area contributed by atoms with E-state index in [1.54, 1.807) is 14.2 Å². The number of rotatable bonds is 12. The summed E-state index contributed by atoms with van der Waals surface area (Å²) in [6, 6.07) is 12.9. The molecule has 1 atom stereocenters. The number of hydrogen-bond donors (Lipinski definition) is 0. The Kier molecular flexibility index (Phi) is 10.1. The molecule has 36 heavy (non-hydrogen) atoms. The first-order chi connectivity index (χ1) is 16.6. The first kappa shape index (κ1) is 30.2. The molecule has 2 aromatic carbocycles. The molecular formula is C32H50O4. The lowest BCUT2D eigenvalue weighted by molar-refractivity contribution is 0.00822. The second-order valence-corrected chi connectivity index (χ2v) is 12.5. The van der Waals surface area contributed by atoms with E-state index in [2.05, 4.69) is 106 Å². The Labute approximate surface area is 220 Å². The summed E-state index contributed by atoms with van der Waals surface area (Å²) in [5, 5.41) is 0. The molecule has 4 heteroatoms. The van der Waals surface area contributed by atoms with Crippen LogP contribution in [0.25, 0.3) is 0 Å². The second-order valence-electron chi connectivity index (χ2n) is 12.5. The van der Waals surface area contributed by atoms with Crippen molar-refractivity contribution in [3.63, 3.8) is 0 Å². The summed E-state index contributed by atoms with van der Waals surface area (Å²) in [5.41, 5.74) is 3.82. The molecule has 1 unspecified atom stereocenters. The van der Waals surface area contributed by atoms with E-state index in [0.717, 1.165) is 34.6 Å². The van der Waals surface area contributed by atoms with Crippen LogP contribution in [0.5, 0.6) is 11.5 Å². The van der Waals surface area contributed by atoms with Crippen LogP contribution >= 0.6 is 0 Å². The van der Waals surface area contributed by atoms with Crippen LogP contribution in [0.4, 0.5) is 0 Å². The molecule has 0 aliphatic rings.